The fraction of sp³-hybridized carbons (Fsp3) is 0.500. The lowest BCUT2D eigenvalue weighted by Gasteiger charge is -2.04. The summed E-state index contributed by atoms with van der Waals surface area (Å²) in [6, 6.07) is 1.99. The van der Waals surface area contributed by atoms with Crippen molar-refractivity contribution in [1.82, 2.24) is 10.3 Å². The van der Waals surface area contributed by atoms with Crippen LogP contribution in [0.4, 0.5) is 5.69 Å². The maximum atomic E-state index is 12.3. The Labute approximate surface area is 129 Å². The summed E-state index contributed by atoms with van der Waals surface area (Å²) in [5.41, 5.74) is 8.55. The summed E-state index contributed by atoms with van der Waals surface area (Å²) in [5.74, 6) is -0.0674. The lowest BCUT2D eigenvalue weighted by Crippen LogP contribution is -2.24. The number of fused-ring (bicyclic) bond motifs is 1. The topological polar surface area (TPSA) is 68.0 Å². The average Bonchev–Trinajstić information content (AvgIpc) is 2.75. The van der Waals surface area contributed by atoms with Crippen molar-refractivity contribution in [3.8, 4) is 0 Å². The highest BCUT2D eigenvalue weighted by Crippen LogP contribution is 2.35. The van der Waals surface area contributed by atoms with Gasteiger partial charge in [-0.1, -0.05) is 26.2 Å². The van der Waals surface area contributed by atoms with E-state index in [0.29, 0.717) is 17.1 Å². The van der Waals surface area contributed by atoms with E-state index in [1.54, 1.807) is 0 Å². The van der Waals surface area contributed by atoms with Gasteiger partial charge in [-0.05, 0) is 26.3 Å². The van der Waals surface area contributed by atoms with Crippen molar-refractivity contribution in [3.05, 3.63) is 22.3 Å². The van der Waals surface area contributed by atoms with Crippen molar-refractivity contribution in [2.45, 2.75) is 46.5 Å². The van der Waals surface area contributed by atoms with Gasteiger partial charge in [0.25, 0.3) is 5.91 Å². The minimum absolute atomic E-state index is 0.0674. The molecule has 2 aromatic rings. The third-order valence-corrected chi connectivity index (χ3v) is 4.69. The molecule has 0 bridgehead atoms. The first-order valence-corrected chi connectivity index (χ1v) is 8.30. The van der Waals surface area contributed by atoms with Crippen LogP contribution in [0, 0.1) is 13.8 Å². The Bertz CT molecular complexity index is 648. The number of unbranched alkanes of at least 4 members (excludes halogenated alkanes) is 3. The highest BCUT2D eigenvalue weighted by Gasteiger charge is 2.18. The molecule has 0 spiro atoms. The Morgan fingerprint density at radius 2 is 2.10 bits per heavy atom. The minimum Gasteiger partial charge on any atom is -0.397 e. The normalized spacial score (nSPS) is 11.0. The van der Waals surface area contributed by atoms with Gasteiger partial charge < -0.3 is 11.1 Å². The number of nitrogen functional groups attached to an aromatic ring is 1. The maximum Gasteiger partial charge on any atom is 0.263 e. The van der Waals surface area contributed by atoms with E-state index in [0.717, 1.165) is 34.3 Å². The number of nitrogens with two attached hydrogens (primary N) is 1. The first-order chi connectivity index (χ1) is 10.0. The quantitative estimate of drug-likeness (QED) is 0.797. The molecule has 0 aliphatic carbocycles. The highest BCUT2D eigenvalue weighted by molar-refractivity contribution is 7.21. The van der Waals surface area contributed by atoms with Gasteiger partial charge in [-0.25, -0.2) is 0 Å². The Hall–Kier alpha value is -1.62. The Balaban J connectivity index is 2.13. The molecule has 0 radical (unpaired) electrons. The van der Waals surface area contributed by atoms with Crippen LogP contribution in [0.15, 0.2) is 6.07 Å². The molecule has 5 heteroatoms. The number of nitrogens with zero attached hydrogens (tertiary/aromatic N) is 1. The Kier molecular flexibility index (Phi) is 5.17. The van der Waals surface area contributed by atoms with Gasteiger partial charge in [0.05, 0.1) is 5.69 Å². The molecule has 0 fully saturated rings. The predicted octanol–water partition coefficient (Wildman–Crippen LogP) is 3.81. The first kappa shape index (κ1) is 15.8. The van der Waals surface area contributed by atoms with Crippen LogP contribution in [0.5, 0.6) is 0 Å². The smallest absolute Gasteiger partial charge is 0.263 e. The maximum absolute atomic E-state index is 12.3. The van der Waals surface area contributed by atoms with Crippen LogP contribution in [-0.4, -0.2) is 17.4 Å². The number of carbonyl (C=O) groups is 1. The van der Waals surface area contributed by atoms with E-state index in [4.69, 9.17) is 5.73 Å². The molecule has 0 atom stereocenters. The monoisotopic (exact) mass is 305 g/mol. The van der Waals surface area contributed by atoms with E-state index in [9.17, 15) is 4.79 Å². The van der Waals surface area contributed by atoms with Crippen molar-refractivity contribution < 1.29 is 4.79 Å². The summed E-state index contributed by atoms with van der Waals surface area (Å²) in [4.78, 5) is 17.3. The van der Waals surface area contributed by atoms with Gasteiger partial charge in [-0.3, -0.25) is 9.78 Å². The molecule has 2 aromatic heterocycles. The number of aromatic nitrogens is 1. The number of aryl methyl sites for hydroxylation is 2. The zero-order valence-corrected chi connectivity index (χ0v) is 13.8. The van der Waals surface area contributed by atoms with Gasteiger partial charge in [0.1, 0.15) is 4.88 Å². The van der Waals surface area contributed by atoms with E-state index >= 15 is 0 Å². The molecule has 1 amide bonds. The van der Waals surface area contributed by atoms with Gasteiger partial charge in [0.15, 0.2) is 0 Å². The summed E-state index contributed by atoms with van der Waals surface area (Å²) in [6.45, 7) is 6.78. The molecule has 4 nitrogen and oxygen atoms in total. The predicted molar refractivity (Wildman–Crippen MR) is 90.0 cm³/mol. The number of hydrogen-bond donors (Lipinski definition) is 2. The van der Waals surface area contributed by atoms with Gasteiger partial charge >= 0.3 is 0 Å². The van der Waals surface area contributed by atoms with E-state index in [1.165, 1.54) is 24.2 Å². The zero-order valence-electron chi connectivity index (χ0n) is 13.0. The molecule has 21 heavy (non-hydrogen) atoms. The summed E-state index contributed by atoms with van der Waals surface area (Å²) >= 11 is 1.45. The summed E-state index contributed by atoms with van der Waals surface area (Å²) in [6.07, 6.45) is 4.58. The molecule has 2 rings (SSSR count). The lowest BCUT2D eigenvalue weighted by molar-refractivity contribution is 0.0958. The summed E-state index contributed by atoms with van der Waals surface area (Å²) in [7, 11) is 0. The van der Waals surface area contributed by atoms with Crippen molar-refractivity contribution >= 4 is 33.0 Å². The SMILES string of the molecule is CCCCCCNC(=O)c1sc2cc(C)nc(C)c2c1N. The van der Waals surface area contributed by atoms with Gasteiger partial charge in [-0.15, -0.1) is 11.3 Å². The second-order valence-electron chi connectivity index (χ2n) is 5.38. The molecular weight excluding hydrogens is 282 g/mol. The highest BCUT2D eigenvalue weighted by atomic mass is 32.1. The van der Waals surface area contributed by atoms with E-state index in [1.807, 2.05) is 19.9 Å². The van der Waals surface area contributed by atoms with E-state index in [-0.39, 0.29) is 5.91 Å². The molecule has 114 valence electrons. The van der Waals surface area contributed by atoms with Crippen LogP contribution >= 0.6 is 11.3 Å². The van der Waals surface area contributed by atoms with Crippen LogP contribution in [0.1, 0.15) is 53.7 Å². The third kappa shape index (κ3) is 3.53. The number of amides is 1. The molecule has 0 unspecified atom stereocenters. The van der Waals surface area contributed by atoms with Gasteiger partial charge in [-0.2, -0.15) is 0 Å². The number of carbonyl (C=O) groups excluding carboxylic acids is 1. The molecule has 3 N–H and O–H groups in total. The lowest BCUT2D eigenvalue weighted by atomic mass is 10.2. The van der Waals surface area contributed by atoms with Crippen LogP contribution in [0.3, 0.4) is 0 Å². The van der Waals surface area contributed by atoms with Crippen molar-refractivity contribution in [2.75, 3.05) is 12.3 Å². The Morgan fingerprint density at radius 1 is 1.33 bits per heavy atom. The van der Waals surface area contributed by atoms with E-state index < -0.39 is 0 Å². The third-order valence-electron chi connectivity index (χ3n) is 3.54. The average molecular weight is 305 g/mol. The van der Waals surface area contributed by atoms with Crippen molar-refractivity contribution in [3.63, 3.8) is 0 Å². The number of rotatable bonds is 6. The van der Waals surface area contributed by atoms with Crippen molar-refractivity contribution in [2.24, 2.45) is 0 Å². The van der Waals surface area contributed by atoms with Gasteiger partial charge in [0, 0.05) is 28.0 Å². The van der Waals surface area contributed by atoms with Crippen LogP contribution in [0.25, 0.3) is 10.1 Å². The van der Waals surface area contributed by atoms with Gasteiger partial charge in [0.2, 0.25) is 0 Å². The largest absolute Gasteiger partial charge is 0.397 e. The Morgan fingerprint density at radius 3 is 2.81 bits per heavy atom. The number of anilines is 1. The molecule has 0 aromatic carbocycles. The van der Waals surface area contributed by atoms with Crippen LogP contribution < -0.4 is 11.1 Å². The number of thiophene rings is 1. The minimum atomic E-state index is -0.0674. The number of nitrogens with one attached hydrogen (secondary N) is 1. The van der Waals surface area contributed by atoms with Crippen LogP contribution in [0.2, 0.25) is 0 Å². The standard InChI is InChI=1S/C16H23N3OS/c1-4-5-6-7-8-18-16(20)15-14(17)13-11(3)19-10(2)9-12(13)21-15/h9H,4-8,17H2,1-3H3,(H,18,20). The fourth-order valence-corrected chi connectivity index (χ4v) is 3.67. The first-order valence-electron chi connectivity index (χ1n) is 7.49. The molecular formula is C16H23N3OS. The van der Waals surface area contributed by atoms with Crippen molar-refractivity contribution in [1.29, 1.82) is 0 Å². The number of hydrogen-bond acceptors (Lipinski definition) is 4. The summed E-state index contributed by atoms with van der Waals surface area (Å²) in [5, 5.41) is 3.88. The molecule has 0 saturated carbocycles. The van der Waals surface area contributed by atoms with E-state index in [2.05, 4.69) is 17.2 Å². The second kappa shape index (κ2) is 6.89. The molecule has 0 saturated heterocycles. The fourth-order valence-electron chi connectivity index (χ4n) is 2.48. The second-order valence-corrected chi connectivity index (χ2v) is 6.44. The summed E-state index contributed by atoms with van der Waals surface area (Å²) < 4.78 is 1.04. The number of pyridine rings is 1. The zero-order chi connectivity index (χ0) is 15.4. The molecule has 0 aliphatic heterocycles. The molecule has 2 heterocycles. The van der Waals surface area contributed by atoms with Crippen LogP contribution in [-0.2, 0) is 0 Å². The molecule has 0 aliphatic rings.